The van der Waals surface area contributed by atoms with Crippen molar-refractivity contribution in [3.05, 3.63) is 35.4 Å². The largest absolute Gasteiger partial charge is 0.339 e. The highest BCUT2D eigenvalue weighted by Gasteiger charge is 2.44. The number of benzene rings is 1. The summed E-state index contributed by atoms with van der Waals surface area (Å²) < 4.78 is 0. The molecule has 1 aromatic carbocycles. The Labute approximate surface area is 137 Å². The Morgan fingerprint density at radius 1 is 1.13 bits per heavy atom. The van der Waals surface area contributed by atoms with Crippen LogP contribution in [0.4, 0.5) is 0 Å². The van der Waals surface area contributed by atoms with Gasteiger partial charge in [-0.2, -0.15) is 0 Å². The molecule has 2 bridgehead atoms. The standard InChI is InChI=1S/C19H24N2O2/c1-13-5-7-15(8-6-13)19(23)20-10-14-9-16(12-20)17-3-2-4-18(22)21(17)11-14/h5-8,14,16-17H,2-4,9-12H2,1H3. The van der Waals surface area contributed by atoms with E-state index in [1.165, 1.54) is 12.0 Å². The molecular formula is C19H24N2O2. The molecule has 3 atom stereocenters. The first-order chi connectivity index (χ1) is 11.1. The summed E-state index contributed by atoms with van der Waals surface area (Å²) in [5.41, 5.74) is 1.96. The molecule has 1 aromatic rings. The highest BCUT2D eigenvalue weighted by molar-refractivity contribution is 5.94. The molecule has 0 aliphatic carbocycles. The predicted molar refractivity (Wildman–Crippen MR) is 88.0 cm³/mol. The van der Waals surface area contributed by atoms with Crippen LogP contribution >= 0.6 is 0 Å². The van der Waals surface area contributed by atoms with Crippen molar-refractivity contribution < 1.29 is 9.59 Å². The first-order valence-corrected chi connectivity index (χ1v) is 8.77. The van der Waals surface area contributed by atoms with Gasteiger partial charge >= 0.3 is 0 Å². The topological polar surface area (TPSA) is 40.6 Å². The summed E-state index contributed by atoms with van der Waals surface area (Å²) in [7, 11) is 0. The molecule has 0 aromatic heterocycles. The molecular weight excluding hydrogens is 288 g/mol. The van der Waals surface area contributed by atoms with Gasteiger partial charge in [0.1, 0.15) is 0 Å². The fourth-order valence-electron chi connectivity index (χ4n) is 4.65. The first kappa shape index (κ1) is 14.7. The van der Waals surface area contributed by atoms with Gasteiger partial charge in [-0.1, -0.05) is 17.7 Å². The third kappa shape index (κ3) is 2.64. The van der Waals surface area contributed by atoms with Gasteiger partial charge in [-0.3, -0.25) is 9.59 Å². The minimum Gasteiger partial charge on any atom is -0.339 e. The zero-order valence-corrected chi connectivity index (χ0v) is 13.7. The molecule has 122 valence electrons. The lowest BCUT2D eigenvalue weighted by molar-refractivity contribution is -0.144. The summed E-state index contributed by atoms with van der Waals surface area (Å²) in [6, 6.07) is 8.22. The number of carbonyl (C=O) groups excluding carboxylic acids is 2. The molecule has 3 aliphatic rings. The van der Waals surface area contributed by atoms with Crippen LogP contribution in [0.1, 0.15) is 41.6 Å². The third-order valence-electron chi connectivity index (χ3n) is 5.77. The van der Waals surface area contributed by atoms with Gasteiger partial charge in [0.2, 0.25) is 5.91 Å². The molecule has 0 radical (unpaired) electrons. The highest BCUT2D eigenvalue weighted by atomic mass is 16.2. The minimum absolute atomic E-state index is 0.148. The molecule has 2 amide bonds. The molecule has 4 nitrogen and oxygen atoms in total. The van der Waals surface area contributed by atoms with Crippen LogP contribution in [0.25, 0.3) is 0 Å². The van der Waals surface area contributed by atoms with E-state index < -0.39 is 0 Å². The minimum atomic E-state index is 0.148. The summed E-state index contributed by atoms with van der Waals surface area (Å²) in [5, 5.41) is 0. The highest BCUT2D eigenvalue weighted by Crippen LogP contribution is 2.38. The molecule has 0 spiro atoms. The monoisotopic (exact) mass is 312 g/mol. The number of aryl methyl sites for hydroxylation is 1. The maximum absolute atomic E-state index is 12.8. The van der Waals surface area contributed by atoms with Gasteiger partial charge in [-0.15, -0.1) is 0 Å². The van der Waals surface area contributed by atoms with Crippen LogP contribution in [0.5, 0.6) is 0 Å². The fraction of sp³-hybridized carbons (Fsp3) is 0.579. The van der Waals surface area contributed by atoms with E-state index in [9.17, 15) is 9.59 Å². The van der Waals surface area contributed by atoms with E-state index in [1.807, 2.05) is 36.1 Å². The van der Waals surface area contributed by atoms with Gasteiger partial charge in [-0.05, 0) is 50.2 Å². The second-order valence-electron chi connectivity index (χ2n) is 7.44. The molecule has 3 heterocycles. The quantitative estimate of drug-likeness (QED) is 0.799. The van der Waals surface area contributed by atoms with Crippen LogP contribution in [0.3, 0.4) is 0 Å². The molecule has 4 heteroatoms. The van der Waals surface area contributed by atoms with E-state index in [1.54, 1.807) is 0 Å². The van der Waals surface area contributed by atoms with Crippen molar-refractivity contribution >= 4 is 11.8 Å². The maximum atomic E-state index is 12.8. The van der Waals surface area contributed by atoms with Crippen LogP contribution in [-0.2, 0) is 4.79 Å². The lowest BCUT2D eigenvalue weighted by Crippen LogP contribution is -2.61. The summed E-state index contributed by atoms with van der Waals surface area (Å²) in [6.45, 7) is 4.48. The van der Waals surface area contributed by atoms with Gasteiger partial charge < -0.3 is 9.80 Å². The van der Waals surface area contributed by atoms with Crippen molar-refractivity contribution in [1.29, 1.82) is 0 Å². The second-order valence-corrected chi connectivity index (χ2v) is 7.44. The molecule has 4 rings (SSSR count). The average molecular weight is 312 g/mol. The van der Waals surface area contributed by atoms with Crippen molar-refractivity contribution in [2.24, 2.45) is 11.8 Å². The Morgan fingerprint density at radius 3 is 2.70 bits per heavy atom. The maximum Gasteiger partial charge on any atom is 0.253 e. The normalized spacial score (nSPS) is 30.1. The van der Waals surface area contributed by atoms with Crippen LogP contribution in [0.2, 0.25) is 0 Å². The number of nitrogens with zero attached hydrogens (tertiary/aromatic N) is 2. The number of amides is 2. The summed E-state index contributed by atoms with van der Waals surface area (Å²) in [5.74, 6) is 1.38. The molecule has 23 heavy (non-hydrogen) atoms. The smallest absolute Gasteiger partial charge is 0.253 e. The number of likely N-dealkylation sites (tertiary alicyclic amines) is 1. The SMILES string of the molecule is Cc1ccc(C(=O)N2CC3CC(C2)C2CCCC(=O)N2C3)cc1. The molecule has 3 aliphatic heterocycles. The summed E-state index contributed by atoms with van der Waals surface area (Å²) >= 11 is 0. The van der Waals surface area contributed by atoms with E-state index in [2.05, 4.69) is 4.90 Å². The average Bonchev–Trinajstić information content (AvgIpc) is 2.56. The van der Waals surface area contributed by atoms with Gasteiger partial charge in [0, 0.05) is 37.7 Å². The number of hydrogen-bond acceptors (Lipinski definition) is 2. The van der Waals surface area contributed by atoms with E-state index >= 15 is 0 Å². The fourth-order valence-corrected chi connectivity index (χ4v) is 4.65. The van der Waals surface area contributed by atoms with Crippen LogP contribution < -0.4 is 0 Å². The van der Waals surface area contributed by atoms with Crippen LogP contribution in [0.15, 0.2) is 24.3 Å². The second kappa shape index (κ2) is 5.66. The lowest BCUT2D eigenvalue weighted by atomic mass is 9.76. The van der Waals surface area contributed by atoms with Gasteiger partial charge in [0.25, 0.3) is 5.91 Å². The van der Waals surface area contributed by atoms with Gasteiger partial charge in [0.05, 0.1) is 0 Å². The number of hydrogen-bond donors (Lipinski definition) is 0. The Morgan fingerprint density at radius 2 is 1.91 bits per heavy atom. The van der Waals surface area contributed by atoms with Crippen molar-refractivity contribution in [3.8, 4) is 0 Å². The number of rotatable bonds is 1. The zero-order chi connectivity index (χ0) is 16.0. The van der Waals surface area contributed by atoms with Crippen molar-refractivity contribution in [2.45, 2.75) is 38.6 Å². The first-order valence-electron chi connectivity index (χ1n) is 8.77. The van der Waals surface area contributed by atoms with Gasteiger partial charge in [-0.25, -0.2) is 0 Å². The lowest BCUT2D eigenvalue weighted by Gasteiger charge is -2.52. The molecule has 3 fully saturated rings. The zero-order valence-electron chi connectivity index (χ0n) is 13.7. The van der Waals surface area contributed by atoms with Crippen molar-refractivity contribution in [3.63, 3.8) is 0 Å². The third-order valence-corrected chi connectivity index (χ3v) is 5.77. The van der Waals surface area contributed by atoms with E-state index in [-0.39, 0.29) is 5.91 Å². The summed E-state index contributed by atoms with van der Waals surface area (Å²) in [4.78, 5) is 29.1. The molecule has 3 unspecified atom stereocenters. The van der Waals surface area contributed by atoms with Crippen LogP contribution in [0, 0.1) is 18.8 Å². The Hall–Kier alpha value is -1.84. The Balaban J connectivity index is 1.52. The van der Waals surface area contributed by atoms with Crippen molar-refractivity contribution in [2.75, 3.05) is 19.6 Å². The number of piperidine rings is 3. The van der Waals surface area contributed by atoms with E-state index in [0.717, 1.165) is 38.0 Å². The predicted octanol–water partition coefficient (Wildman–Crippen LogP) is 2.47. The van der Waals surface area contributed by atoms with Crippen molar-refractivity contribution in [1.82, 2.24) is 9.80 Å². The van der Waals surface area contributed by atoms with Gasteiger partial charge in [0.15, 0.2) is 0 Å². The number of carbonyl (C=O) groups is 2. The Bertz CT molecular complexity index is 625. The summed E-state index contributed by atoms with van der Waals surface area (Å²) in [6.07, 6.45) is 4.00. The van der Waals surface area contributed by atoms with Crippen LogP contribution in [-0.4, -0.2) is 47.3 Å². The van der Waals surface area contributed by atoms with E-state index in [4.69, 9.17) is 0 Å². The Kier molecular flexibility index (Phi) is 3.63. The molecule has 3 saturated heterocycles. The van der Waals surface area contributed by atoms with E-state index in [0.29, 0.717) is 30.2 Å². The number of fused-ring (bicyclic) bond motifs is 4. The molecule has 0 saturated carbocycles. The molecule has 0 N–H and O–H groups in total.